The zero-order valence-electron chi connectivity index (χ0n) is 17.4. The van der Waals surface area contributed by atoms with Crippen molar-refractivity contribution in [3.05, 3.63) is 89.4 Å². The third-order valence-corrected chi connectivity index (χ3v) is 6.43. The van der Waals surface area contributed by atoms with Crippen LogP contribution in [0.2, 0.25) is 5.02 Å². The van der Waals surface area contributed by atoms with Crippen LogP contribution in [0.4, 0.5) is 11.4 Å². The maximum absolute atomic E-state index is 11.6. The van der Waals surface area contributed by atoms with Crippen LogP contribution in [0.25, 0.3) is 0 Å². The molecular weight excluding hydrogens is 448 g/mol. The molecule has 0 saturated heterocycles. The van der Waals surface area contributed by atoms with Gasteiger partial charge in [-0.1, -0.05) is 29.8 Å². The summed E-state index contributed by atoms with van der Waals surface area (Å²) in [6.07, 6.45) is 0. The first-order valence-corrected chi connectivity index (χ1v) is 11.8. The van der Waals surface area contributed by atoms with Crippen LogP contribution in [0.1, 0.15) is 5.56 Å². The highest BCUT2D eigenvalue weighted by atomic mass is 35.5. The highest BCUT2D eigenvalue weighted by Crippen LogP contribution is 2.30. The third-order valence-electron chi connectivity index (χ3n) is 5.25. The smallest absolute Gasteiger partial charge is 0.238 e. The van der Waals surface area contributed by atoms with Crippen LogP contribution in [0.3, 0.4) is 0 Å². The SMILES string of the molecule is CN(CC1(O)CN(c2ccc(S(N)(=O)=O)cc2)C(c2ccc(Cl)cc2)=N1)c1ccccc1. The van der Waals surface area contributed by atoms with Crippen LogP contribution in [-0.4, -0.2) is 45.2 Å². The minimum atomic E-state index is -3.80. The van der Waals surface area contributed by atoms with Crippen LogP contribution in [-0.2, 0) is 10.0 Å². The molecule has 1 aliphatic heterocycles. The summed E-state index contributed by atoms with van der Waals surface area (Å²) >= 11 is 6.05. The Bertz CT molecular complexity index is 1230. The predicted octanol–water partition coefficient (Wildman–Crippen LogP) is 3.08. The second-order valence-electron chi connectivity index (χ2n) is 7.74. The lowest BCUT2D eigenvalue weighted by Crippen LogP contribution is -2.44. The topological polar surface area (TPSA) is 99.2 Å². The number of hydrogen-bond donors (Lipinski definition) is 2. The van der Waals surface area contributed by atoms with E-state index in [0.717, 1.165) is 11.3 Å². The Morgan fingerprint density at radius 2 is 1.69 bits per heavy atom. The van der Waals surface area contributed by atoms with Crippen LogP contribution >= 0.6 is 11.6 Å². The lowest BCUT2D eigenvalue weighted by Gasteiger charge is -2.29. The van der Waals surface area contributed by atoms with Crippen LogP contribution in [0.5, 0.6) is 0 Å². The number of aliphatic hydroxyl groups is 1. The Labute approximate surface area is 192 Å². The fourth-order valence-corrected chi connectivity index (χ4v) is 4.35. The molecule has 4 rings (SSSR count). The molecule has 3 aromatic carbocycles. The molecule has 0 spiro atoms. The Kier molecular flexibility index (Phi) is 5.96. The maximum atomic E-state index is 11.6. The van der Waals surface area contributed by atoms with Crippen LogP contribution in [0, 0.1) is 0 Å². The van der Waals surface area contributed by atoms with Crippen LogP contribution < -0.4 is 14.9 Å². The lowest BCUT2D eigenvalue weighted by atomic mass is 10.1. The molecule has 1 unspecified atom stereocenters. The molecule has 32 heavy (non-hydrogen) atoms. The molecular formula is C23H23ClN4O3S. The van der Waals surface area contributed by atoms with Crippen molar-refractivity contribution in [3.8, 4) is 0 Å². The van der Waals surface area contributed by atoms with Gasteiger partial charge in [0.15, 0.2) is 5.72 Å². The quantitative estimate of drug-likeness (QED) is 0.576. The number of sulfonamides is 1. The Hall–Kier alpha value is -2.91. The van der Waals surface area contributed by atoms with Gasteiger partial charge in [-0.05, 0) is 60.7 Å². The molecule has 3 N–H and O–H groups in total. The number of nitrogens with two attached hydrogens (primary N) is 1. The molecule has 0 fully saturated rings. The number of amidine groups is 1. The van der Waals surface area contributed by atoms with E-state index >= 15 is 0 Å². The number of likely N-dealkylation sites (N-methyl/N-ethyl adjacent to an activating group) is 1. The van der Waals surface area contributed by atoms with Crippen molar-refractivity contribution in [1.29, 1.82) is 0 Å². The zero-order valence-corrected chi connectivity index (χ0v) is 19.0. The van der Waals surface area contributed by atoms with E-state index in [0.29, 0.717) is 16.5 Å². The van der Waals surface area contributed by atoms with E-state index in [9.17, 15) is 13.5 Å². The summed E-state index contributed by atoms with van der Waals surface area (Å²) in [6.45, 7) is 0.455. The molecule has 1 atom stereocenters. The van der Waals surface area contributed by atoms with Gasteiger partial charge in [0.2, 0.25) is 10.0 Å². The summed E-state index contributed by atoms with van der Waals surface area (Å²) < 4.78 is 23.2. The van der Waals surface area contributed by atoms with Gasteiger partial charge in [0.25, 0.3) is 0 Å². The molecule has 3 aromatic rings. The van der Waals surface area contributed by atoms with Crippen molar-refractivity contribution < 1.29 is 13.5 Å². The highest BCUT2D eigenvalue weighted by Gasteiger charge is 2.39. The van der Waals surface area contributed by atoms with Crippen molar-refractivity contribution in [2.75, 3.05) is 29.9 Å². The molecule has 1 heterocycles. The molecule has 0 aliphatic carbocycles. The number of rotatable bonds is 6. The number of anilines is 2. The van der Waals surface area contributed by atoms with Gasteiger partial charge in [0.1, 0.15) is 5.84 Å². The summed E-state index contributed by atoms with van der Waals surface area (Å²) in [7, 11) is -1.91. The van der Waals surface area contributed by atoms with E-state index in [-0.39, 0.29) is 18.0 Å². The fourth-order valence-electron chi connectivity index (χ4n) is 3.71. The van der Waals surface area contributed by atoms with E-state index in [1.165, 1.54) is 12.1 Å². The van der Waals surface area contributed by atoms with Crippen molar-refractivity contribution in [1.82, 2.24) is 0 Å². The second-order valence-corrected chi connectivity index (χ2v) is 9.74. The summed E-state index contributed by atoms with van der Waals surface area (Å²) in [6, 6.07) is 23.1. The molecule has 0 radical (unpaired) electrons. The first kappa shape index (κ1) is 22.3. The van der Waals surface area contributed by atoms with Gasteiger partial charge in [-0.2, -0.15) is 0 Å². The normalized spacial score (nSPS) is 18.5. The number of benzene rings is 3. The molecule has 0 bridgehead atoms. The minimum Gasteiger partial charge on any atom is -0.370 e. The summed E-state index contributed by atoms with van der Waals surface area (Å²) in [5.74, 6) is 0.564. The minimum absolute atomic E-state index is 0.0181. The number of hydrogen-bond acceptors (Lipinski definition) is 6. The van der Waals surface area contributed by atoms with Gasteiger partial charge in [-0.15, -0.1) is 0 Å². The maximum Gasteiger partial charge on any atom is 0.238 e. The summed E-state index contributed by atoms with van der Waals surface area (Å²) in [5.41, 5.74) is 1.03. The van der Waals surface area contributed by atoms with Crippen molar-refractivity contribution >= 4 is 38.8 Å². The largest absolute Gasteiger partial charge is 0.370 e. The Morgan fingerprint density at radius 3 is 2.28 bits per heavy atom. The monoisotopic (exact) mass is 470 g/mol. The molecule has 166 valence electrons. The van der Waals surface area contributed by atoms with Crippen molar-refractivity contribution in [3.63, 3.8) is 0 Å². The number of primary sulfonamides is 1. The van der Waals surface area contributed by atoms with Crippen LogP contribution in [0.15, 0.2) is 88.8 Å². The standard InChI is InChI=1S/C23H23ClN4O3S/c1-27(19-5-3-2-4-6-19)15-23(29)16-28(20-11-13-21(14-12-20)32(25,30)31)22(26-23)17-7-9-18(24)10-8-17/h2-14,29H,15-16H2,1H3,(H2,25,30,31). The number of para-hydroxylation sites is 1. The van der Waals surface area contributed by atoms with E-state index in [4.69, 9.17) is 16.7 Å². The Morgan fingerprint density at radius 1 is 1.06 bits per heavy atom. The van der Waals surface area contributed by atoms with Gasteiger partial charge in [0.05, 0.1) is 18.0 Å². The number of aliphatic imine (C=N–C) groups is 1. The number of β-amino-alcohol motifs (C(OH)–C–C–N with tert-alkyl or cyclic N) is 1. The Balaban J connectivity index is 1.69. The molecule has 1 aliphatic rings. The molecule has 0 amide bonds. The van der Waals surface area contributed by atoms with E-state index in [2.05, 4.69) is 4.99 Å². The molecule has 9 heteroatoms. The highest BCUT2D eigenvalue weighted by molar-refractivity contribution is 7.89. The lowest BCUT2D eigenvalue weighted by molar-refractivity contribution is 0.0753. The van der Waals surface area contributed by atoms with E-state index < -0.39 is 15.7 Å². The van der Waals surface area contributed by atoms with Crippen molar-refractivity contribution in [2.45, 2.75) is 10.6 Å². The van der Waals surface area contributed by atoms with E-state index in [1.54, 1.807) is 24.3 Å². The molecule has 7 nitrogen and oxygen atoms in total. The first-order valence-electron chi connectivity index (χ1n) is 9.89. The van der Waals surface area contributed by atoms with Gasteiger partial charge < -0.3 is 14.9 Å². The number of nitrogens with zero attached hydrogens (tertiary/aromatic N) is 3. The average molecular weight is 471 g/mol. The summed E-state index contributed by atoms with van der Waals surface area (Å²) in [4.78, 5) is 8.50. The zero-order chi connectivity index (χ0) is 22.9. The van der Waals surface area contributed by atoms with Gasteiger partial charge in [-0.3, -0.25) is 0 Å². The summed E-state index contributed by atoms with van der Waals surface area (Å²) in [5, 5.41) is 17.2. The average Bonchev–Trinajstić information content (AvgIpc) is 3.11. The van der Waals surface area contributed by atoms with Crippen molar-refractivity contribution in [2.24, 2.45) is 10.1 Å². The van der Waals surface area contributed by atoms with E-state index in [1.807, 2.05) is 59.3 Å². The molecule has 0 aromatic heterocycles. The molecule has 0 saturated carbocycles. The third kappa shape index (κ3) is 4.78. The van der Waals surface area contributed by atoms with Gasteiger partial charge in [-0.25, -0.2) is 18.5 Å². The fraction of sp³-hybridized carbons (Fsp3) is 0.174. The van der Waals surface area contributed by atoms with Gasteiger partial charge in [0, 0.05) is 29.0 Å². The number of halogens is 1. The predicted molar refractivity (Wildman–Crippen MR) is 128 cm³/mol. The van der Waals surface area contributed by atoms with Gasteiger partial charge >= 0.3 is 0 Å². The first-order chi connectivity index (χ1) is 15.1. The second kappa shape index (κ2) is 8.55.